The van der Waals surface area contributed by atoms with E-state index in [-0.39, 0.29) is 23.0 Å². The molecule has 134 valence electrons. The lowest BCUT2D eigenvalue weighted by Crippen LogP contribution is -2.16. The van der Waals surface area contributed by atoms with Crippen molar-refractivity contribution in [3.63, 3.8) is 0 Å². The van der Waals surface area contributed by atoms with E-state index in [1.807, 2.05) is 12.1 Å². The normalized spacial score (nSPS) is 10.7. The number of benzene rings is 2. The molecule has 1 heterocycles. The van der Waals surface area contributed by atoms with Gasteiger partial charge in [0.15, 0.2) is 0 Å². The average Bonchev–Trinajstić information content (AvgIpc) is 2.66. The van der Waals surface area contributed by atoms with Crippen molar-refractivity contribution in [2.24, 2.45) is 5.10 Å². The molecule has 0 saturated heterocycles. The highest BCUT2D eigenvalue weighted by molar-refractivity contribution is 9.11. The number of nitrogens with one attached hydrogen (secondary N) is 2. The number of nitrogens with zero attached hydrogens (tertiary/aromatic N) is 3. The monoisotopic (exact) mass is 487 g/mol. The Morgan fingerprint density at radius 1 is 1.22 bits per heavy atom. The van der Waals surface area contributed by atoms with Crippen LogP contribution in [0.4, 0.5) is 5.95 Å². The Morgan fingerprint density at radius 3 is 2.52 bits per heavy atom. The van der Waals surface area contributed by atoms with Gasteiger partial charge in [0.25, 0.3) is 5.56 Å². The second-order valence-corrected chi connectivity index (χ2v) is 7.03. The largest absolute Gasteiger partial charge is 0.506 e. The Bertz CT molecular complexity index is 1100. The molecule has 0 unspecified atom stereocenters. The van der Waals surface area contributed by atoms with Crippen LogP contribution in [0.25, 0.3) is 11.3 Å². The Balaban J connectivity index is 1.91. The zero-order valence-electron chi connectivity index (χ0n) is 13.6. The van der Waals surface area contributed by atoms with Crippen molar-refractivity contribution < 1.29 is 5.11 Å². The quantitative estimate of drug-likeness (QED) is 0.379. The van der Waals surface area contributed by atoms with Crippen molar-refractivity contribution in [2.45, 2.75) is 0 Å². The summed E-state index contributed by atoms with van der Waals surface area (Å²) in [6.07, 6.45) is 1.50. The van der Waals surface area contributed by atoms with Crippen LogP contribution in [-0.4, -0.2) is 21.3 Å². The summed E-state index contributed by atoms with van der Waals surface area (Å²) < 4.78 is 1.02. The lowest BCUT2D eigenvalue weighted by atomic mass is 10.1. The Morgan fingerprint density at radius 2 is 1.89 bits per heavy atom. The van der Waals surface area contributed by atoms with Crippen LogP contribution in [-0.2, 0) is 0 Å². The zero-order chi connectivity index (χ0) is 19.4. The lowest BCUT2D eigenvalue weighted by Gasteiger charge is -2.06. The molecule has 0 aliphatic heterocycles. The number of hydrogen-bond donors (Lipinski definition) is 3. The van der Waals surface area contributed by atoms with Crippen molar-refractivity contribution in [1.29, 1.82) is 5.26 Å². The van der Waals surface area contributed by atoms with Crippen LogP contribution in [0.15, 0.2) is 61.3 Å². The highest BCUT2D eigenvalue weighted by Crippen LogP contribution is 2.32. The summed E-state index contributed by atoms with van der Waals surface area (Å²) in [4.78, 5) is 19.0. The van der Waals surface area contributed by atoms with Crippen LogP contribution >= 0.6 is 31.9 Å². The second-order valence-electron chi connectivity index (χ2n) is 5.32. The first-order chi connectivity index (χ1) is 13.0. The molecule has 0 aliphatic carbocycles. The van der Waals surface area contributed by atoms with E-state index < -0.39 is 5.56 Å². The van der Waals surface area contributed by atoms with Gasteiger partial charge in [0.1, 0.15) is 17.4 Å². The molecule has 9 heteroatoms. The van der Waals surface area contributed by atoms with Gasteiger partial charge in [-0.25, -0.2) is 10.4 Å². The molecule has 7 nitrogen and oxygen atoms in total. The van der Waals surface area contributed by atoms with E-state index in [0.29, 0.717) is 20.1 Å². The summed E-state index contributed by atoms with van der Waals surface area (Å²) in [5.41, 5.74) is 3.64. The van der Waals surface area contributed by atoms with Crippen LogP contribution in [0.2, 0.25) is 0 Å². The van der Waals surface area contributed by atoms with Gasteiger partial charge in [-0.15, -0.1) is 0 Å². The number of aromatic amines is 1. The topological polar surface area (TPSA) is 114 Å². The summed E-state index contributed by atoms with van der Waals surface area (Å²) in [5.74, 6) is 0.191. The minimum Gasteiger partial charge on any atom is -0.506 e. The molecule has 27 heavy (non-hydrogen) atoms. The van der Waals surface area contributed by atoms with Crippen LogP contribution in [0.3, 0.4) is 0 Å². The minimum atomic E-state index is -0.556. The highest BCUT2D eigenvalue weighted by Gasteiger charge is 2.12. The van der Waals surface area contributed by atoms with Gasteiger partial charge in [0.05, 0.1) is 20.9 Å². The fourth-order valence-corrected chi connectivity index (χ4v) is 3.48. The van der Waals surface area contributed by atoms with E-state index >= 15 is 0 Å². The van der Waals surface area contributed by atoms with E-state index in [1.54, 1.807) is 36.4 Å². The number of hydrazone groups is 1. The molecule has 0 amide bonds. The number of aromatic hydroxyl groups is 1. The van der Waals surface area contributed by atoms with Gasteiger partial charge in [-0.05, 0) is 49.6 Å². The number of phenolic OH excluding ortho intramolecular Hbond substituents is 1. The van der Waals surface area contributed by atoms with Gasteiger partial charge in [0, 0.05) is 5.56 Å². The fraction of sp³-hybridized carbons (Fsp3) is 0. The number of anilines is 1. The van der Waals surface area contributed by atoms with E-state index in [2.05, 4.69) is 52.4 Å². The molecule has 0 saturated carbocycles. The molecule has 0 spiro atoms. The number of rotatable bonds is 4. The Kier molecular flexibility index (Phi) is 5.69. The van der Waals surface area contributed by atoms with Crippen LogP contribution in [0.5, 0.6) is 5.75 Å². The number of halogens is 2. The zero-order valence-corrected chi connectivity index (χ0v) is 16.7. The molecule has 0 radical (unpaired) electrons. The molecule has 0 aliphatic rings. The standard InChI is InChI=1S/C18H11Br2N5O2/c19-13-6-10(7-14(20)16(13)26)9-22-25-18-23-15(11-4-2-1-3-5-11)12(8-21)17(27)24-18/h1-7,9,26H,(H2,23,24,25,27). The predicted molar refractivity (Wildman–Crippen MR) is 110 cm³/mol. The number of hydrogen-bond acceptors (Lipinski definition) is 6. The third-order valence-corrected chi connectivity index (χ3v) is 4.71. The molecule has 3 N–H and O–H groups in total. The van der Waals surface area contributed by atoms with Gasteiger partial charge in [-0.1, -0.05) is 30.3 Å². The molecular formula is C18H11Br2N5O2. The first kappa shape index (κ1) is 18.8. The first-order valence-corrected chi connectivity index (χ1v) is 9.15. The maximum absolute atomic E-state index is 12.2. The van der Waals surface area contributed by atoms with E-state index in [4.69, 9.17) is 0 Å². The smallest absolute Gasteiger partial charge is 0.270 e. The summed E-state index contributed by atoms with van der Waals surface area (Å²) >= 11 is 6.48. The maximum Gasteiger partial charge on any atom is 0.270 e. The van der Waals surface area contributed by atoms with Crippen LogP contribution in [0.1, 0.15) is 11.1 Å². The van der Waals surface area contributed by atoms with Crippen molar-refractivity contribution in [1.82, 2.24) is 9.97 Å². The lowest BCUT2D eigenvalue weighted by molar-refractivity contribution is 0.468. The van der Waals surface area contributed by atoms with E-state index in [1.165, 1.54) is 6.21 Å². The third-order valence-electron chi connectivity index (χ3n) is 3.50. The SMILES string of the molecule is N#Cc1c(-c2ccccc2)nc(NN=Cc2cc(Br)c(O)c(Br)c2)[nH]c1=O. The van der Waals surface area contributed by atoms with Gasteiger partial charge in [-0.3, -0.25) is 9.78 Å². The summed E-state index contributed by atoms with van der Waals surface area (Å²) in [7, 11) is 0. The summed E-state index contributed by atoms with van der Waals surface area (Å²) in [6.45, 7) is 0. The number of H-pyrrole nitrogens is 1. The molecule has 0 atom stereocenters. The molecule has 0 bridgehead atoms. The summed E-state index contributed by atoms with van der Waals surface area (Å²) in [6, 6.07) is 14.2. The Hall–Kier alpha value is -2.96. The molecule has 0 fully saturated rings. The number of aromatic nitrogens is 2. The molecular weight excluding hydrogens is 478 g/mol. The average molecular weight is 489 g/mol. The van der Waals surface area contributed by atoms with Crippen LogP contribution in [0, 0.1) is 11.3 Å². The van der Waals surface area contributed by atoms with Crippen molar-refractivity contribution in [3.05, 3.63) is 72.9 Å². The molecule has 1 aromatic heterocycles. The van der Waals surface area contributed by atoms with Gasteiger partial charge >= 0.3 is 0 Å². The Labute approximate surface area is 170 Å². The van der Waals surface area contributed by atoms with Crippen LogP contribution < -0.4 is 11.0 Å². The molecule has 3 rings (SSSR count). The van der Waals surface area contributed by atoms with E-state index in [9.17, 15) is 15.2 Å². The van der Waals surface area contributed by atoms with Crippen molar-refractivity contribution in [2.75, 3.05) is 5.43 Å². The predicted octanol–water partition coefficient (Wildman–Crippen LogP) is 3.99. The highest BCUT2D eigenvalue weighted by atomic mass is 79.9. The molecule has 3 aromatic rings. The number of nitriles is 1. The third kappa shape index (κ3) is 4.24. The van der Waals surface area contributed by atoms with Crippen molar-refractivity contribution in [3.8, 4) is 23.1 Å². The molecule has 2 aromatic carbocycles. The van der Waals surface area contributed by atoms with Crippen molar-refractivity contribution >= 4 is 44.0 Å². The van der Waals surface area contributed by atoms with Gasteiger partial charge in [0.2, 0.25) is 5.95 Å². The minimum absolute atomic E-state index is 0.0675. The van der Waals surface area contributed by atoms with Gasteiger partial charge in [-0.2, -0.15) is 10.4 Å². The fourth-order valence-electron chi connectivity index (χ4n) is 2.26. The first-order valence-electron chi connectivity index (χ1n) is 7.56. The van der Waals surface area contributed by atoms with Gasteiger partial charge < -0.3 is 5.11 Å². The van der Waals surface area contributed by atoms with E-state index in [0.717, 1.165) is 0 Å². The maximum atomic E-state index is 12.2. The number of phenols is 1. The second kappa shape index (κ2) is 8.16. The summed E-state index contributed by atoms with van der Waals surface area (Å²) in [5, 5.41) is 23.0.